The van der Waals surface area contributed by atoms with Crippen molar-refractivity contribution in [1.29, 1.82) is 0 Å². The SMILES string of the molecule is CS(=O)(=O)CCS(=O)(=O)CCCC(=O)O. The first-order valence-electron chi connectivity index (χ1n) is 4.22. The maximum absolute atomic E-state index is 11.2. The van der Waals surface area contributed by atoms with Gasteiger partial charge < -0.3 is 5.11 Å². The molecule has 0 saturated heterocycles. The molecule has 0 aromatic heterocycles. The molecule has 0 spiro atoms. The summed E-state index contributed by atoms with van der Waals surface area (Å²) in [7, 11) is -6.75. The van der Waals surface area contributed by atoms with Gasteiger partial charge in [-0.2, -0.15) is 0 Å². The summed E-state index contributed by atoms with van der Waals surface area (Å²) >= 11 is 0. The van der Waals surface area contributed by atoms with Crippen LogP contribution in [0.15, 0.2) is 0 Å². The van der Waals surface area contributed by atoms with Crippen molar-refractivity contribution >= 4 is 25.6 Å². The summed E-state index contributed by atoms with van der Waals surface area (Å²) in [4.78, 5) is 10.1. The van der Waals surface area contributed by atoms with E-state index in [1.807, 2.05) is 0 Å². The fourth-order valence-electron chi connectivity index (χ4n) is 0.824. The molecule has 0 aromatic carbocycles. The highest BCUT2D eigenvalue weighted by Crippen LogP contribution is 1.99. The van der Waals surface area contributed by atoms with Crippen molar-refractivity contribution in [3.05, 3.63) is 0 Å². The van der Waals surface area contributed by atoms with Gasteiger partial charge in [-0.3, -0.25) is 4.79 Å². The van der Waals surface area contributed by atoms with E-state index in [0.717, 1.165) is 6.26 Å². The van der Waals surface area contributed by atoms with Gasteiger partial charge in [-0.25, -0.2) is 16.8 Å². The summed E-state index contributed by atoms with van der Waals surface area (Å²) in [5, 5.41) is 8.28. The molecule has 0 rings (SSSR count). The summed E-state index contributed by atoms with van der Waals surface area (Å²) in [6.45, 7) is 0. The molecule has 6 nitrogen and oxygen atoms in total. The maximum atomic E-state index is 11.2. The van der Waals surface area contributed by atoms with Crippen LogP contribution in [0.3, 0.4) is 0 Å². The lowest BCUT2D eigenvalue weighted by Gasteiger charge is -2.01. The highest BCUT2D eigenvalue weighted by Gasteiger charge is 2.14. The van der Waals surface area contributed by atoms with E-state index in [2.05, 4.69) is 0 Å². The minimum absolute atomic E-state index is 0.0153. The number of aliphatic carboxylic acids is 1. The number of carbonyl (C=O) groups is 1. The minimum atomic E-state index is -3.45. The van der Waals surface area contributed by atoms with E-state index in [4.69, 9.17) is 5.11 Å². The van der Waals surface area contributed by atoms with Crippen molar-refractivity contribution in [2.75, 3.05) is 23.5 Å². The lowest BCUT2D eigenvalue weighted by Crippen LogP contribution is -2.19. The molecule has 8 heteroatoms. The number of hydrogen-bond acceptors (Lipinski definition) is 5. The van der Waals surface area contributed by atoms with Crippen LogP contribution in [0.1, 0.15) is 12.8 Å². The molecule has 0 unspecified atom stereocenters. The number of carboxylic acid groups (broad SMARTS) is 1. The molecule has 0 aliphatic heterocycles. The molecular weight excluding hydrogens is 244 g/mol. The van der Waals surface area contributed by atoms with Crippen molar-refractivity contribution in [3.8, 4) is 0 Å². The highest BCUT2D eigenvalue weighted by molar-refractivity contribution is 7.94. The molecule has 1 N–H and O–H groups in total. The van der Waals surface area contributed by atoms with Crippen LogP contribution in [0.4, 0.5) is 0 Å². The van der Waals surface area contributed by atoms with E-state index in [1.165, 1.54) is 0 Å². The summed E-state index contributed by atoms with van der Waals surface area (Å²) < 4.78 is 43.8. The number of hydrogen-bond donors (Lipinski definition) is 1. The molecule has 90 valence electrons. The zero-order valence-corrected chi connectivity index (χ0v) is 9.97. The van der Waals surface area contributed by atoms with Crippen molar-refractivity contribution in [3.63, 3.8) is 0 Å². The second kappa shape index (κ2) is 5.45. The van der Waals surface area contributed by atoms with E-state index >= 15 is 0 Å². The third-order valence-corrected chi connectivity index (χ3v) is 4.55. The number of rotatable bonds is 7. The molecular formula is C7H14O6S2. The molecule has 0 aromatic rings. The third kappa shape index (κ3) is 9.67. The molecule has 0 bridgehead atoms. The van der Waals surface area contributed by atoms with Gasteiger partial charge in [0.1, 0.15) is 9.84 Å². The Bertz CT molecular complexity index is 405. The summed E-state index contributed by atoms with van der Waals surface area (Å²) in [6, 6.07) is 0. The molecule has 0 amide bonds. The van der Waals surface area contributed by atoms with Crippen LogP contribution in [0.25, 0.3) is 0 Å². The quantitative estimate of drug-likeness (QED) is 0.648. The van der Waals surface area contributed by atoms with Crippen LogP contribution in [-0.4, -0.2) is 51.4 Å². The average molecular weight is 258 g/mol. The molecule has 0 fully saturated rings. The first kappa shape index (κ1) is 14.4. The predicted octanol–water partition coefficient (Wildman–Crippen LogP) is -0.689. The Balaban J connectivity index is 4.04. The van der Waals surface area contributed by atoms with E-state index < -0.39 is 37.1 Å². The Morgan fingerprint density at radius 3 is 2.00 bits per heavy atom. The van der Waals surface area contributed by atoms with Gasteiger partial charge in [-0.15, -0.1) is 0 Å². The summed E-state index contributed by atoms with van der Waals surface area (Å²) in [5.74, 6) is -2.20. The second-order valence-corrected chi connectivity index (χ2v) is 7.84. The molecule has 0 aliphatic carbocycles. The number of sulfone groups is 2. The first-order valence-corrected chi connectivity index (χ1v) is 8.10. The number of carboxylic acids is 1. The van der Waals surface area contributed by atoms with Gasteiger partial charge in [-0.1, -0.05) is 0 Å². The Morgan fingerprint density at radius 2 is 1.60 bits per heavy atom. The predicted molar refractivity (Wildman–Crippen MR) is 55.2 cm³/mol. The normalized spacial score (nSPS) is 12.6. The van der Waals surface area contributed by atoms with Crippen molar-refractivity contribution in [1.82, 2.24) is 0 Å². The van der Waals surface area contributed by atoms with Gasteiger partial charge in [-0.05, 0) is 6.42 Å². The van der Waals surface area contributed by atoms with Gasteiger partial charge in [0, 0.05) is 12.7 Å². The fourth-order valence-corrected chi connectivity index (χ4v) is 3.84. The fraction of sp³-hybridized carbons (Fsp3) is 0.857. The lowest BCUT2D eigenvalue weighted by atomic mass is 10.3. The van der Waals surface area contributed by atoms with Crippen LogP contribution in [0, 0.1) is 0 Å². The second-order valence-electron chi connectivity index (χ2n) is 3.28. The topological polar surface area (TPSA) is 106 Å². The smallest absolute Gasteiger partial charge is 0.303 e. The largest absolute Gasteiger partial charge is 0.481 e. The molecule has 0 aliphatic rings. The van der Waals surface area contributed by atoms with E-state index in [9.17, 15) is 21.6 Å². The lowest BCUT2D eigenvalue weighted by molar-refractivity contribution is -0.137. The van der Waals surface area contributed by atoms with Crippen LogP contribution in [0.2, 0.25) is 0 Å². The van der Waals surface area contributed by atoms with Gasteiger partial charge >= 0.3 is 5.97 Å². The highest BCUT2D eigenvalue weighted by atomic mass is 32.2. The third-order valence-electron chi connectivity index (χ3n) is 1.61. The Labute approximate surface area is 89.1 Å². The van der Waals surface area contributed by atoms with Gasteiger partial charge in [0.05, 0.1) is 17.3 Å². The van der Waals surface area contributed by atoms with Gasteiger partial charge in [0.2, 0.25) is 0 Å². The molecule has 0 atom stereocenters. The average Bonchev–Trinajstić information content (AvgIpc) is 1.99. The Morgan fingerprint density at radius 1 is 1.07 bits per heavy atom. The van der Waals surface area contributed by atoms with E-state index in [-0.39, 0.29) is 18.6 Å². The van der Waals surface area contributed by atoms with Crippen molar-refractivity contribution in [2.45, 2.75) is 12.8 Å². The molecule has 0 saturated carbocycles. The molecule has 15 heavy (non-hydrogen) atoms. The molecule has 0 radical (unpaired) electrons. The summed E-state index contributed by atoms with van der Waals surface area (Å²) in [5.41, 5.74) is 0. The first-order chi connectivity index (χ1) is 6.62. The Hall–Kier alpha value is -0.630. The van der Waals surface area contributed by atoms with Crippen LogP contribution in [-0.2, 0) is 24.5 Å². The van der Waals surface area contributed by atoms with E-state index in [0.29, 0.717) is 0 Å². The van der Waals surface area contributed by atoms with Crippen molar-refractivity contribution < 1.29 is 26.7 Å². The van der Waals surface area contributed by atoms with Crippen LogP contribution < -0.4 is 0 Å². The van der Waals surface area contributed by atoms with Crippen LogP contribution >= 0.6 is 0 Å². The Kier molecular flexibility index (Phi) is 5.22. The van der Waals surface area contributed by atoms with Gasteiger partial charge in [0.25, 0.3) is 0 Å². The maximum Gasteiger partial charge on any atom is 0.303 e. The zero-order chi connectivity index (χ0) is 12.1. The van der Waals surface area contributed by atoms with Crippen molar-refractivity contribution in [2.24, 2.45) is 0 Å². The monoisotopic (exact) mass is 258 g/mol. The van der Waals surface area contributed by atoms with Crippen LogP contribution in [0.5, 0.6) is 0 Å². The molecule has 0 heterocycles. The minimum Gasteiger partial charge on any atom is -0.481 e. The zero-order valence-electron chi connectivity index (χ0n) is 8.34. The van der Waals surface area contributed by atoms with Gasteiger partial charge in [0.15, 0.2) is 9.84 Å². The summed E-state index contributed by atoms with van der Waals surface area (Å²) in [6.07, 6.45) is 0.749. The standard InChI is InChI=1S/C7H14O6S2/c1-14(10,11)5-6-15(12,13)4-2-3-7(8)9/h2-6H2,1H3,(H,8,9). The van der Waals surface area contributed by atoms with E-state index in [1.54, 1.807) is 0 Å².